The molecule has 0 amide bonds. The summed E-state index contributed by atoms with van der Waals surface area (Å²) in [5.41, 5.74) is 9.26. The monoisotopic (exact) mass is 249 g/mol. The third-order valence-corrected chi connectivity index (χ3v) is 3.27. The standard InChI is InChI=1S/C15H27N3/c1-5-18(10-6-9-17(3)4)12-14-7-8-15(16)13(2)11-14/h7-8,11H,5-6,9-10,12,16H2,1-4H3. The molecule has 0 radical (unpaired) electrons. The Labute approximate surface area is 112 Å². The van der Waals surface area contributed by atoms with Gasteiger partial charge in [0.2, 0.25) is 0 Å². The van der Waals surface area contributed by atoms with Crippen LogP contribution in [0.5, 0.6) is 0 Å². The summed E-state index contributed by atoms with van der Waals surface area (Å²) in [5.74, 6) is 0. The number of anilines is 1. The van der Waals surface area contributed by atoms with Gasteiger partial charge in [0.15, 0.2) is 0 Å². The first kappa shape index (κ1) is 15.0. The van der Waals surface area contributed by atoms with E-state index < -0.39 is 0 Å². The number of nitrogens with zero attached hydrogens (tertiary/aromatic N) is 2. The third-order valence-electron chi connectivity index (χ3n) is 3.27. The van der Waals surface area contributed by atoms with Crippen molar-refractivity contribution in [2.45, 2.75) is 26.8 Å². The van der Waals surface area contributed by atoms with E-state index in [1.807, 2.05) is 6.07 Å². The largest absolute Gasteiger partial charge is 0.399 e. The molecule has 1 aromatic carbocycles. The molecule has 3 heteroatoms. The SMILES string of the molecule is CCN(CCCN(C)C)Cc1ccc(N)c(C)c1. The van der Waals surface area contributed by atoms with Crippen molar-refractivity contribution in [1.29, 1.82) is 0 Å². The Balaban J connectivity index is 2.49. The van der Waals surface area contributed by atoms with Crippen LogP contribution < -0.4 is 5.73 Å². The molecule has 0 bridgehead atoms. The van der Waals surface area contributed by atoms with Crippen molar-refractivity contribution in [3.8, 4) is 0 Å². The van der Waals surface area contributed by atoms with Crippen molar-refractivity contribution in [3.05, 3.63) is 29.3 Å². The van der Waals surface area contributed by atoms with Gasteiger partial charge in [-0.1, -0.05) is 19.1 Å². The summed E-state index contributed by atoms with van der Waals surface area (Å²) in [6.45, 7) is 8.71. The highest BCUT2D eigenvalue weighted by atomic mass is 15.1. The van der Waals surface area contributed by atoms with Crippen molar-refractivity contribution in [1.82, 2.24) is 9.80 Å². The number of nitrogens with two attached hydrogens (primary N) is 1. The van der Waals surface area contributed by atoms with E-state index in [-0.39, 0.29) is 0 Å². The van der Waals surface area contributed by atoms with Gasteiger partial charge in [-0.25, -0.2) is 0 Å². The predicted octanol–water partition coefficient (Wildman–Crippen LogP) is 2.35. The lowest BCUT2D eigenvalue weighted by atomic mass is 10.1. The summed E-state index contributed by atoms with van der Waals surface area (Å²) in [6, 6.07) is 6.35. The Morgan fingerprint density at radius 1 is 1.17 bits per heavy atom. The van der Waals surface area contributed by atoms with Crippen molar-refractivity contribution in [2.24, 2.45) is 0 Å². The molecule has 102 valence electrons. The van der Waals surface area contributed by atoms with Crippen LogP contribution in [0.25, 0.3) is 0 Å². The highest BCUT2D eigenvalue weighted by molar-refractivity contribution is 5.47. The van der Waals surface area contributed by atoms with Crippen molar-refractivity contribution >= 4 is 5.69 Å². The fraction of sp³-hybridized carbons (Fsp3) is 0.600. The normalized spacial score (nSPS) is 11.4. The van der Waals surface area contributed by atoms with Crippen LogP contribution in [-0.4, -0.2) is 43.5 Å². The molecule has 0 atom stereocenters. The molecular formula is C15H27N3. The molecule has 1 rings (SSSR count). The number of hydrogen-bond donors (Lipinski definition) is 1. The van der Waals surface area contributed by atoms with E-state index in [1.54, 1.807) is 0 Å². The number of hydrogen-bond acceptors (Lipinski definition) is 3. The molecule has 0 saturated carbocycles. The molecule has 0 aliphatic heterocycles. The smallest absolute Gasteiger partial charge is 0.0343 e. The fourth-order valence-corrected chi connectivity index (χ4v) is 2.05. The minimum Gasteiger partial charge on any atom is -0.399 e. The van der Waals surface area contributed by atoms with Crippen molar-refractivity contribution < 1.29 is 0 Å². The van der Waals surface area contributed by atoms with E-state index in [9.17, 15) is 0 Å². The maximum atomic E-state index is 5.85. The second kappa shape index (κ2) is 7.39. The fourth-order valence-electron chi connectivity index (χ4n) is 2.05. The molecule has 0 unspecified atom stereocenters. The average molecular weight is 249 g/mol. The first-order valence-electron chi connectivity index (χ1n) is 6.75. The minimum atomic E-state index is 0.884. The van der Waals surface area contributed by atoms with E-state index in [4.69, 9.17) is 5.73 Å². The lowest BCUT2D eigenvalue weighted by Crippen LogP contribution is -2.26. The second-order valence-corrected chi connectivity index (χ2v) is 5.22. The van der Waals surface area contributed by atoms with Gasteiger partial charge in [0.1, 0.15) is 0 Å². The maximum Gasteiger partial charge on any atom is 0.0343 e. The van der Waals surface area contributed by atoms with Gasteiger partial charge in [0.25, 0.3) is 0 Å². The Hall–Kier alpha value is -1.06. The minimum absolute atomic E-state index is 0.884. The first-order chi connectivity index (χ1) is 8.52. The summed E-state index contributed by atoms with van der Waals surface area (Å²) < 4.78 is 0. The molecule has 0 aliphatic rings. The molecular weight excluding hydrogens is 222 g/mol. The van der Waals surface area contributed by atoms with Crippen LogP contribution in [0.4, 0.5) is 5.69 Å². The highest BCUT2D eigenvalue weighted by Crippen LogP contribution is 2.14. The third kappa shape index (κ3) is 5.07. The van der Waals surface area contributed by atoms with Gasteiger partial charge in [-0.15, -0.1) is 0 Å². The Morgan fingerprint density at radius 3 is 2.44 bits per heavy atom. The molecule has 0 aromatic heterocycles. The number of aryl methyl sites for hydroxylation is 1. The van der Waals surface area contributed by atoms with Crippen LogP contribution in [-0.2, 0) is 6.54 Å². The predicted molar refractivity (Wildman–Crippen MR) is 79.7 cm³/mol. The second-order valence-electron chi connectivity index (χ2n) is 5.22. The average Bonchev–Trinajstić information content (AvgIpc) is 2.32. The zero-order chi connectivity index (χ0) is 13.5. The number of nitrogen functional groups attached to an aromatic ring is 1. The first-order valence-corrected chi connectivity index (χ1v) is 6.75. The lowest BCUT2D eigenvalue weighted by molar-refractivity contribution is 0.259. The van der Waals surface area contributed by atoms with Gasteiger partial charge in [-0.3, -0.25) is 4.90 Å². The van der Waals surface area contributed by atoms with E-state index in [0.29, 0.717) is 0 Å². The van der Waals surface area contributed by atoms with Gasteiger partial charge < -0.3 is 10.6 Å². The lowest BCUT2D eigenvalue weighted by Gasteiger charge is -2.21. The summed E-state index contributed by atoms with van der Waals surface area (Å²) >= 11 is 0. The number of benzene rings is 1. The van der Waals surface area contributed by atoms with Crippen LogP contribution >= 0.6 is 0 Å². The van der Waals surface area contributed by atoms with Gasteiger partial charge in [-0.05, 0) is 64.3 Å². The van der Waals surface area contributed by atoms with Gasteiger partial charge >= 0.3 is 0 Å². The summed E-state index contributed by atoms with van der Waals surface area (Å²) in [4.78, 5) is 4.72. The van der Waals surface area contributed by atoms with Gasteiger partial charge in [0.05, 0.1) is 0 Å². The molecule has 18 heavy (non-hydrogen) atoms. The molecule has 0 heterocycles. The number of rotatable bonds is 7. The van der Waals surface area contributed by atoms with Crippen LogP contribution in [0, 0.1) is 6.92 Å². The molecule has 0 spiro atoms. The Bertz CT molecular complexity index is 361. The zero-order valence-electron chi connectivity index (χ0n) is 12.2. The summed E-state index contributed by atoms with van der Waals surface area (Å²) in [5, 5.41) is 0. The quantitative estimate of drug-likeness (QED) is 0.753. The molecule has 3 nitrogen and oxygen atoms in total. The van der Waals surface area contributed by atoms with Gasteiger partial charge in [-0.2, -0.15) is 0 Å². The Morgan fingerprint density at radius 2 is 1.89 bits per heavy atom. The van der Waals surface area contributed by atoms with Crippen LogP contribution in [0.2, 0.25) is 0 Å². The molecule has 0 saturated heterocycles. The molecule has 1 aromatic rings. The summed E-state index contributed by atoms with van der Waals surface area (Å²) in [6.07, 6.45) is 1.22. The van der Waals surface area contributed by atoms with E-state index in [2.05, 4.69) is 49.9 Å². The van der Waals surface area contributed by atoms with Crippen molar-refractivity contribution in [3.63, 3.8) is 0 Å². The molecule has 0 aliphatic carbocycles. The van der Waals surface area contributed by atoms with E-state index in [1.165, 1.54) is 17.5 Å². The molecule has 0 fully saturated rings. The van der Waals surface area contributed by atoms with Crippen molar-refractivity contribution in [2.75, 3.05) is 39.5 Å². The van der Waals surface area contributed by atoms with Gasteiger partial charge in [0, 0.05) is 12.2 Å². The summed E-state index contributed by atoms with van der Waals surface area (Å²) in [7, 11) is 4.25. The topological polar surface area (TPSA) is 32.5 Å². The Kier molecular flexibility index (Phi) is 6.16. The van der Waals surface area contributed by atoms with E-state index in [0.717, 1.165) is 31.9 Å². The van der Waals surface area contributed by atoms with Crippen LogP contribution in [0.1, 0.15) is 24.5 Å². The van der Waals surface area contributed by atoms with Crippen LogP contribution in [0.15, 0.2) is 18.2 Å². The maximum absolute atomic E-state index is 5.85. The van der Waals surface area contributed by atoms with Crippen LogP contribution in [0.3, 0.4) is 0 Å². The highest BCUT2D eigenvalue weighted by Gasteiger charge is 2.05. The molecule has 2 N–H and O–H groups in total. The zero-order valence-corrected chi connectivity index (χ0v) is 12.2. The van der Waals surface area contributed by atoms with E-state index >= 15 is 0 Å².